The third-order valence-corrected chi connectivity index (χ3v) is 8.50. The summed E-state index contributed by atoms with van der Waals surface area (Å²) in [4.78, 5) is 0. The van der Waals surface area contributed by atoms with Crippen molar-refractivity contribution in [3.05, 3.63) is 133 Å². The first-order chi connectivity index (χ1) is 18.9. The van der Waals surface area contributed by atoms with E-state index in [1.807, 2.05) is 0 Å². The number of rotatable bonds is 2. The van der Waals surface area contributed by atoms with Crippen molar-refractivity contribution >= 4 is 64.6 Å². The minimum atomic E-state index is 1.26. The van der Waals surface area contributed by atoms with Crippen molar-refractivity contribution < 1.29 is 0 Å². The van der Waals surface area contributed by atoms with Gasteiger partial charge >= 0.3 is 0 Å². The Kier molecular flexibility index (Phi) is 3.88. The highest BCUT2D eigenvalue weighted by molar-refractivity contribution is 6.43. The van der Waals surface area contributed by atoms with Gasteiger partial charge in [-0.05, 0) is 99.0 Å². The monoisotopic (exact) mass is 478 g/mol. The number of hydrogen-bond acceptors (Lipinski definition) is 0. The van der Waals surface area contributed by atoms with E-state index in [0.29, 0.717) is 0 Å². The summed E-state index contributed by atoms with van der Waals surface area (Å²) in [7, 11) is 0. The molecular weight excluding hydrogens is 456 g/mol. The van der Waals surface area contributed by atoms with Crippen LogP contribution in [0, 0.1) is 0 Å². The molecule has 0 aliphatic carbocycles. The van der Waals surface area contributed by atoms with Crippen molar-refractivity contribution in [2.24, 2.45) is 0 Å². The van der Waals surface area contributed by atoms with Crippen LogP contribution in [0.25, 0.3) is 86.9 Å². The summed E-state index contributed by atoms with van der Waals surface area (Å²) in [5.74, 6) is 0. The van der Waals surface area contributed by atoms with Crippen molar-refractivity contribution in [1.29, 1.82) is 0 Å². The van der Waals surface area contributed by atoms with E-state index < -0.39 is 0 Å². The third kappa shape index (κ3) is 2.54. The van der Waals surface area contributed by atoms with Gasteiger partial charge in [0.1, 0.15) is 0 Å². The maximum Gasteiger partial charge on any atom is -0.000181 e. The van der Waals surface area contributed by atoms with Crippen LogP contribution >= 0.6 is 0 Å². The summed E-state index contributed by atoms with van der Waals surface area (Å²) < 4.78 is 0. The van der Waals surface area contributed by atoms with E-state index in [4.69, 9.17) is 0 Å². The molecule has 9 aromatic rings. The predicted molar refractivity (Wildman–Crippen MR) is 165 cm³/mol. The maximum atomic E-state index is 2.42. The topological polar surface area (TPSA) is 0 Å². The zero-order chi connectivity index (χ0) is 24.8. The van der Waals surface area contributed by atoms with Gasteiger partial charge in [-0.15, -0.1) is 0 Å². The van der Waals surface area contributed by atoms with Crippen molar-refractivity contribution in [2.75, 3.05) is 0 Å². The van der Waals surface area contributed by atoms with E-state index >= 15 is 0 Å². The van der Waals surface area contributed by atoms with Crippen molar-refractivity contribution in [3.8, 4) is 22.3 Å². The van der Waals surface area contributed by atoms with Gasteiger partial charge in [0, 0.05) is 0 Å². The molecule has 0 bridgehead atoms. The van der Waals surface area contributed by atoms with E-state index in [2.05, 4.69) is 133 Å². The van der Waals surface area contributed by atoms with Gasteiger partial charge in [0.15, 0.2) is 0 Å². The Bertz CT molecular complexity index is 2150. The maximum absolute atomic E-state index is 2.42. The summed E-state index contributed by atoms with van der Waals surface area (Å²) >= 11 is 0. The average Bonchev–Trinajstić information content (AvgIpc) is 2.99. The number of benzene rings is 9. The fraction of sp³-hybridized carbons (Fsp3) is 0. The zero-order valence-corrected chi connectivity index (χ0v) is 20.7. The van der Waals surface area contributed by atoms with Gasteiger partial charge in [-0.2, -0.15) is 0 Å². The van der Waals surface area contributed by atoms with Crippen LogP contribution in [0.1, 0.15) is 0 Å². The molecule has 0 aliphatic heterocycles. The number of fused-ring (bicyclic) bond motifs is 2. The smallest absolute Gasteiger partial charge is 0.000181 e. The largest absolute Gasteiger partial charge is 0.0622 e. The Morgan fingerprint density at radius 3 is 1.21 bits per heavy atom. The van der Waals surface area contributed by atoms with E-state index in [1.165, 1.54) is 86.9 Å². The van der Waals surface area contributed by atoms with Crippen molar-refractivity contribution in [2.45, 2.75) is 0 Å². The van der Waals surface area contributed by atoms with Crippen LogP contribution in [-0.4, -0.2) is 0 Å². The van der Waals surface area contributed by atoms with Crippen LogP contribution in [0.15, 0.2) is 133 Å². The van der Waals surface area contributed by atoms with Gasteiger partial charge in [0.2, 0.25) is 0 Å². The summed E-state index contributed by atoms with van der Waals surface area (Å²) in [6, 6.07) is 49.5. The van der Waals surface area contributed by atoms with Crippen LogP contribution < -0.4 is 0 Å². The summed E-state index contributed by atoms with van der Waals surface area (Å²) in [5.41, 5.74) is 5.13. The van der Waals surface area contributed by atoms with Gasteiger partial charge in [0.05, 0.1) is 0 Å². The molecule has 0 nitrogen and oxygen atoms in total. The van der Waals surface area contributed by atoms with Crippen LogP contribution in [0.4, 0.5) is 0 Å². The fourth-order valence-corrected chi connectivity index (χ4v) is 6.97. The highest BCUT2D eigenvalue weighted by Crippen LogP contribution is 2.51. The molecule has 0 aliphatic rings. The Morgan fingerprint density at radius 2 is 0.711 bits per heavy atom. The molecule has 38 heavy (non-hydrogen) atoms. The molecule has 9 rings (SSSR count). The summed E-state index contributed by atoms with van der Waals surface area (Å²) in [6.45, 7) is 0. The molecule has 0 N–H and O–H groups in total. The Morgan fingerprint density at radius 1 is 0.263 bits per heavy atom. The molecule has 9 aromatic carbocycles. The first kappa shape index (κ1) is 20.2. The van der Waals surface area contributed by atoms with E-state index in [1.54, 1.807) is 0 Å². The molecular formula is C38H22. The molecule has 0 atom stereocenters. The molecule has 0 radical (unpaired) electrons. The lowest BCUT2D eigenvalue weighted by atomic mass is 9.80. The highest BCUT2D eigenvalue weighted by Gasteiger charge is 2.22. The van der Waals surface area contributed by atoms with Gasteiger partial charge in [-0.1, -0.05) is 121 Å². The van der Waals surface area contributed by atoms with Crippen LogP contribution in [0.3, 0.4) is 0 Å². The lowest BCUT2D eigenvalue weighted by Crippen LogP contribution is -1.94. The van der Waals surface area contributed by atoms with E-state index in [-0.39, 0.29) is 0 Å². The van der Waals surface area contributed by atoms with E-state index in [0.717, 1.165) is 0 Å². The molecule has 0 spiro atoms. The molecule has 0 saturated carbocycles. The molecule has 0 saturated heterocycles. The first-order valence-electron chi connectivity index (χ1n) is 13.3. The standard InChI is InChI=1S/C38H22/c1-3-9-23(10-4-1)31-21-27-15-8-16-28-22-32(24-11-5-2-6-12-24)37-30-20-18-26-14-7-13-25-17-19-29(35(30)33(25)26)36(31)38(37)34(27)28/h1-22H. The zero-order valence-electron chi connectivity index (χ0n) is 20.7. The minimum absolute atomic E-state index is 1.26. The second-order valence-corrected chi connectivity index (χ2v) is 10.5. The summed E-state index contributed by atoms with van der Waals surface area (Å²) in [5, 5.41) is 16.1. The molecule has 0 fully saturated rings. The molecule has 0 aromatic heterocycles. The highest BCUT2D eigenvalue weighted by atomic mass is 14.2. The van der Waals surface area contributed by atoms with E-state index in [9.17, 15) is 0 Å². The van der Waals surface area contributed by atoms with Crippen molar-refractivity contribution in [3.63, 3.8) is 0 Å². The second kappa shape index (κ2) is 7.31. The van der Waals surface area contributed by atoms with Gasteiger partial charge in [-0.3, -0.25) is 0 Å². The molecule has 0 heterocycles. The molecule has 0 heteroatoms. The SMILES string of the molecule is c1ccc(-c2cc3cccc4cc(-c5ccccc5)c5c6ccc7cccc8ccc(c2c5c34)c6c87)cc1. The lowest BCUT2D eigenvalue weighted by molar-refractivity contribution is 1.66. The number of hydrogen-bond donors (Lipinski definition) is 0. The average molecular weight is 479 g/mol. The Labute approximate surface area is 220 Å². The minimum Gasteiger partial charge on any atom is -0.0622 e. The van der Waals surface area contributed by atoms with Crippen molar-refractivity contribution in [1.82, 2.24) is 0 Å². The molecule has 0 unspecified atom stereocenters. The fourth-order valence-electron chi connectivity index (χ4n) is 6.97. The van der Waals surface area contributed by atoms with Crippen LogP contribution in [0.2, 0.25) is 0 Å². The van der Waals surface area contributed by atoms with Crippen LogP contribution in [0.5, 0.6) is 0 Å². The quantitative estimate of drug-likeness (QED) is 0.171. The normalized spacial score (nSPS) is 12.2. The summed E-state index contributed by atoms with van der Waals surface area (Å²) in [6.07, 6.45) is 0. The Hall–Kier alpha value is -4.94. The Balaban J connectivity index is 1.67. The molecule has 174 valence electrons. The van der Waals surface area contributed by atoms with Crippen LogP contribution in [-0.2, 0) is 0 Å². The van der Waals surface area contributed by atoms with Gasteiger partial charge in [-0.25, -0.2) is 0 Å². The van der Waals surface area contributed by atoms with Gasteiger partial charge < -0.3 is 0 Å². The predicted octanol–water partition coefficient (Wildman–Crippen LogP) is 10.8. The lowest BCUT2D eigenvalue weighted by Gasteiger charge is -2.23. The first-order valence-corrected chi connectivity index (χ1v) is 13.3. The third-order valence-electron chi connectivity index (χ3n) is 8.50. The second-order valence-electron chi connectivity index (χ2n) is 10.5. The molecule has 0 amide bonds. The van der Waals surface area contributed by atoms with Gasteiger partial charge in [0.25, 0.3) is 0 Å².